The molecule has 1 saturated heterocycles. The largest absolute Gasteiger partial charge is 0.448 e. The van der Waals surface area contributed by atoms with Gasteiger partial charge in [0.25, 0.3) is 0 Å². The van der Waals surface area contributed by atoms with Gasteiger partial charge >= 0.3 is 6.09 Å². The van der Waals surface area contributed by atoms with Gasteiger partial charge in [0, 0.05) is 11.3 Å². The summed E-state index contributed by atoms with van der Waals surface area (Å²) in [7, 11) is 0. The average Bonchev–Trinajstić information content (AvgIpc) is 2.56. The molecule has 1 aliphatic heterocycles. The van der Waals surface area contributed by atoms with Crippen LogP contribution in [0.5, 0.6) is 0 Å². The van der Waals surface area contributed by atoms with Crippen LogP contribution in [0.15, 0.2) is 4.99 Å². The molecule has 6 heteroatoms. The predicted octanol–water partition coefficient (Wildman–Crippen LogP) is 0.943. The van der Waals surface area contributed by atoms with E-state index < -0.39 is 6.09 Å². The van der Waals surface area contributed by atoms with Crippen molar-refractivity contribution >= 4 is 23.0 Å². The van der Waals surface area contributed by atoms with E-state index in [1.165, 1.54) is 0 Å². The van der Waals surface area contributed by atoms with Crippen LogP contribution >= 0.6 is 11.8 Å². The van der Waals surface area contributed by atoms with Gasteiger partial charge in [0.2, 0.25) is 0 Å². The van der Waals surface area contributed by atoms with Crippen LogP contribution in [0.3, 0.4) is 0 Å². The minimum Gasteiger partial charge on any atom is -0.448 e. The van der Waals surface area contributed by atoms with Crippen molar-refractivity contribution < 1.29 is 9.53 Å². The van der Waals surface area contributed by atoms with E-state index in [1.807, 2.05) is 0 Å². The highest BCUT2D eigenvalue weighted by Crippen LogP contribution is 2.25. The van der Waals surface area contributed by atoms with E-state index in [9.17, 15) is 4.79 Å². The van der Waals surface area contributed by atoms with Crippen LogP contribution in [0.25, 0.3) is 0 Å². The highest BCUT2D eigenvalue weighted by molar-refractivity contribution is 8.14. The Morgan fingerprint density at radius 1 is 1.80 bits per heavy atom. The third-order valence-corrected chi connectivity index (χ3v) is 3.59. The van der Waals surface area contributed by atoms with Gasteiger partial charge < -0.3 is 15.8 Å². The summed E-state index contributed by atoms with van der Waals surface area (Å²) < 4.78 is 4.57. The molecule has 1 aliphatic rings. The minimum atomic E-state index is -0.749. The molecule has 1 amide bonds. The molecule has 86 valence electrons. The van der Waals surface area contributed by atoms with Gasteiger partial charge in [0.1, 0.15) is 6.61 Å². The number of hydrogen-bond donors (Lipinski definition) is 2. The number of aliphatic imine (C=N–C) groups is 1. The number of amidine groups is 1. The lowest BCUT2D eigenvalue weighted by Gasteiger charge is -2.20. The van der Waals surface area contributed by atoms with Gasteiger partial charge in [-0.2, -0.15) is 0 Å². The Balaban J connectivity index is 2.28. The number of amides is 1. The van der Waals surface area contributed by atoms with Crippen LogP contribution in [-0.2, 0) is 4.74 Å². The molecule has 1 fully saturated rings. The lowest BCUT2D eigenvalue weighted by molar-refractivity contribution is 0.160. The van der Waals surface area contributed by atoms with E-state index in [0.717, 1.165) is 17.3 Å². The van der Waals surface area contributed by atoms with Crippen molar-refractivity contribution in [3.63, 3.8) is 0 Å². The van der Waals surface area contributed by atoms with Crippen molar-refractivity contribution in [3.8, 4) is 0 Å². The zero-order chi connectivity index (χ0) is 11.3. The number of thioether (sulfide) groups is 1. The summed E-state index contributed by atoms with van der Waals surface area (Å²) in [5.74, 6) is 1.03. The van der Waals surface area contributed by atoms with Crippen LogP contribution in [0, 0.1) is 0 Å². The summed E-state index contributed by atoms with van der Waals surface area (Å²) in [5.41, 5.74) is 4.97. The summed E-state index contributed by atoms with van der Waals surface area (Å²) in [6.07, 6.45) is 0.317. The van der Waals surface area contributed by atoms with Crippen LogP contribution in [0.4, 0.5) is 4.79 Å². The van der Waals surface area contributed by atoms with Crippen molar-refractivity contribution in [1.82, 2.24) is 5.32 Å². The highest BCUT2D eigenvalue weighted by atomic mass is 32.2. The Kier molecular flexibility index (Phi) is 4.26. The summed E-state index contributed by atoms with van der Waals surface area (Å²) >= 11 is 1.70. The lowest BCUT2D eigenvalue weighted by atomic mass is 10.0. The van der Waals surface area contributed by atoms with Gasteiger partial charge in [-0.15, -0.1) is 0 Å². The molecule has 1 heterocycles. The molecule has 3 N–H and O–H groups in total. The second-order valence-corrected chi connectivity index (χ2v) is 4.65. The molecule has 15 heavy (non-hydrogen) atoms. The zero-order valence-electron chi connectivity index (χ0n) is 9.08. The Morgan fingerprint density at radius 3 is 3.07 bits per heavy atom. The van der Waals surface area contributed by atoms with Gasteiger partial charge in [0.05, 0.1) is 6.54 Å². The third-order valence-electron chi connectivity index (χ3n) is 2.31. The van der Waals surface area contributed by atoms with Gasteiger partial charge in [-0.05, 0) is 13.3 Å². The van der Waals surface area contributed by atoms with Crippen LogP contribution in [0.2, 0.25) is 0 Å². The van der Waals surface area contributed by atoms with Crippen molar-refractivity contribution in [3.05, 3.63) is 0 Å². The first-order valence-electron chi connectivity index (χ1n) is 4.93. The molecule has 0 radical (unpaired) electrons. The smallest absolute Gasteiger partial charge is 0.404 e. The SMILES string of the molecule is CCC1(C)CSC(=NCCOC(N)=O)N1. The molecule has 0 aliphatic carbocycles. The molecule has 0 spiro atoms. The highest BCUT2D eigenvalue weighted by Gasteiger charge is 2.30. The van der Waals surface area contributed by atoms with Crippen molar-refractivity contribution in [2.24, 2.45) is 10.7 Å². The van der Waals surface area contributed by atoms with Gasteiger partial charge in [-0.1, -0.05) is 18.7 Å². The Morgan fingerprint density at radius 2 is 2.53 bits per heavy atom. The molecule has 1 rings (SSSR count). The van der Waals surface area contributed by atoms with E-state index in [4.69, 9.17) is 5.73 Å². The van der Waals surface area contributed by atoms with E-state index in [0.29, 0.717) is 6.54 Å². The number of ether oxygens (including phenoxy) is 1. The fraction of sp³-hybridized carbons (Fsp3) is 0.778. The average molecular weight is 231 g/mol. The minimum absolute atomic E-state index is 0.147. The fourth-order valence-corrected chi connectivity index (χ4v) is 2.36. The molecule has 5 nitrogen and oxygen atoms in total. The number of rotatable bonds is 4. The van der Waals surface area contributed by atoms with E-state index in [1.54, 1.807) is 11.8 Å². The predicted molar refractivity (Wildman–Crippen MR) is 62.1 cm³/mol. The van der Waals surface area contributed by atoms with Crippen LogP contribution in [-0.4, -0.2) is 35.7 Å². The molecule has 0 aromatic carbocycles. The molecule has 1 atom stereocenters. The van der Waals surface area contributed by atoms with E-state index in [-0.39, 0.29) is 12.1 Å². The van der Waals surface area contributed by atoms with Crippen molar-refractivity contribution in [1.29, 1.82) is 0 Å². The van der Waals surface area contributed by atoms with E-state index >= 15 is 0 Å². The Labute approximate surface area is 93.8 Å². The van der Waals surface area contributed by atoms with Crippen LogP contribution < -0.4 is 11.1 Å². The molecule has 0 aromatic rings. The summed E-state index contributed by atoms with van der Waals surface area (Å²) in [6, 6.07) is 0. The number of nitrogens with one attached hydrogen (secondary N) is 1. The monoisotopic (exact) mass is 231 g/mol. The summed E-state index contributed by atoms with van der Waals surface area (Å²) in [6.45, 7) is 5.01. The number of hydrogen-bond acceptors (Lipinski definition) is 4. The zero-order valence-corrected chi connectivity index (χ0v) is 9.89. The second kappa shape index (κ2) is 5.25. The maximum Gasteiger partial charge on any atom is 0.404 e. The Hall–Kier alpha value is -0.910. The molecular formula is C9H17N3O2S. The first-order chi connectivity index (χ1) is 7.06. The quantitative estimate of drug-likeness (QED) is 0.706. The Bertz CT molecular complexity index is 270. The topological polar surface area (TPSA) is 76.7 Å². The standard InChI is InChI=1S/C9H17N3O2S/c1-3-9(2)6-15-8(12-9)11-4-5-14-7(10)13/h3-6H2,1-2H3,(H2,10,13)(H,11,12). The van der Waals surface area contributed by atoms with Gasteiger partial charge in [-0.25, -0.2) is 4.79 Å². The number of nitrogens with zero attached hydrogens (tertiary/aromatic N) is 1. The maximum atomic E-state index is 10.3. The van der Waals surface area contributed by atoms with Crippen LogP contribution in [0.1, 0.15) is 20.3 Å². The number of nitrogens with two attached hydrogens (primary N) is 1. The maximum absolute atomic E-state index is 10.3. The molecule has 0 saturated carbocycles. The number of primary amides is 1. The second-order valence-electron chi connectivity index (χ2n) is 3.68. The first-order valence-corrected chi connectivity index (χ1v) is 5.92. The molecule has 1 unspecified atom stereocenters. The first kappa shape index (κ1) is 12.2. The van der Waals surface area contributed by atoms with E-state index in [2.05, 4.69) is 28.9 Å². The molecule has 0 bridgehead atoms. The van der Waals surface area contributed by atoms with Gasteiger partial charge in [0.15, 0.2) is 5.17 Å². The normalized spacial score (nSPS) is 27.7. The van der Waals surface area contributed by atoms with Crippen molar-refractivity contribution in [2.45, 2.75) is 25.8 Å². The number of carbonyl (C=O) groups is 1. The summed E-state index contributed by atoms with van der Waals surface area (Å²) in [4.78, 5) is 14.5. The van der Waals surface area contributed by atoms with Gasteiger partial charge in [-0.3, -0.25) is 4.99 Å². The lowest BCUT2D eigenvalue weighted by Crippen LogP contribution is -2.39. The number of carbonyl (C=O) groups excluding carboxylic acids is 1. The molecular weight excluding hydrogens is 214 g/mol. The summed E-state index contributed by atoms with van der Waals surface area (Å²) in [5, 5.41) is 4.27. The molecule has 0 aromatic heterocycles. The van der Waals surface area contributed by atoms with Crippen molar-refractivity contribution in [2.75, 3.05) is 18.9 Å². The fourth-order valence-electron chi connectivity index (χ4n) is 1.13. The third kappa shape index (κ3) is 3.99.